The van der Waals surface area contributed by atoms with Gasteiger partial charge in [0.2, 0.25) is 11.5 Å². The molecule has 0 saturated carbocycles. The summed E-state index contributed by atoms with van der Waals surface area (Å²) < 4.78 is 12.4. The van der Waals surface area contributed by atoms with Crippen molar-refractivity contribution in [2.45, 2.75) is 18.6 Å². The van der Waals surface area contributed by atoms with Gasteiger partial charge in [0.25, 0.3) is 5.56 Å². The molecule has 2 heterocycles. The number of nitrogens with zero attached hydrogens (tertiary/aromatic N) is 2. The van der Waals surface area contributed by atoms with E-state index < -0.39 is 0 Å². The van der Waals surface area contributed by atoms with Crippen molar-refractivity contribution in [2.75, 3.05) is 24.8 Å². The number of methoxy groups -OCH3 is 1. The number of fused-ring (bicyclic) bond motifs is 3. The molecule has 0 spiro atoms. The zero-order valence-electron chi connectivity index (χ0n) is 16.7. The number of rotatable bonds is 7. The molecule has 0 bridgehead atoms. The van der Waals surface area contributed by atoms with Crippen LogP contribution in [0.1, 0.15) is 5.56 Å². The van der Waals surface area contributed by atoms with E-state index in [1.54, 1.807) is 13.2 Å². The average Bonchev–Trinajstić information content (AvgIpc) is 3.11. The number of carbonyl (C=O) groups excluding carboxylic acids is 1. The van der Waals surface area contributed by atoms with Crippen LogP contribution in [-0.2, 0) is 16.1 Å². The molecule has 4 rings (SSSR count). The lowest BCUT2D eigenvalue weighted by atomic mass is 10.2. The number of para-hydroxylation sites is 1. The van der Waals surface area contributed by atoms with Gasteiger partial charge in [-0.2, -0.15) is 0 Å². The molecular formula is C22H21N3O4S. The molecule has 4 aromatic rings. The first-order valence-corrected chi connectivity index (χ1v) is 10.5. The number of aryl methyl sites for hydroxylation is 1. The molecular weight excluding hydrogens is 402 g/mol. The van der Waals surface area contributed by atoms with E-state index in [2.05, 4.69) is 10.3 Å². The van der Waals surface area contributed by atoms with E-state index in [0.29, 0.717) is 29.4 Å². The first-order valence-electron chi connectivity index (χ1n) is 9.47. The summed E-state index contributed by atoms with van der Waals surface area (Å²) in [6, 6.07) is 15.0. The summed E-state index contributed by atoms with van der Waals surface area (Å²) >= 11 is 1.21. The van der Waals surface area contributed by atoms with Crippen LogP contribution < -0.4 is 10.9 Å². The fourth-order valence-corrected chi connectivity index (χ4v) is 4.01. The van der Waals surface area contributed by atoms with Gasteiger partial charge in [-0.05, 0) is 36.8 Å². The minimum atomic E-state index is -0.283. The summed E-state index contributed by atoms with van der Waals surface area (Å²) in [7, 11) is 1.57. The van der Waals surface area contributed by atoms with E-state index in [1.807, 2.05) is 49.4 Å². The van der Waals surface area contributed by atoms with E-state index in [-0.39, 0.29) is 22.8 Å². The van der Waals surface area contributed by atoms with Crippen LogP contribution >= 0.6 is 11.8 Å². The lowest BCUT2D eigenvalue weighted by molar-refractivity contribution is -0.113. The number of carbonyl (C=O) groups is 1. The van der Waals surface area contributed by atoms with Crippen molar-refractivity contribution >= 4 is 45.4 Å². The molecule has 2 aromatic carbocycles. The van der Waals surface area contributed by atoms with Crippen LogP contribution in [0.3, 0.4) is 0 Å². The second-order valence-corrected chi connectivity index (χ2v) is 7.77. The van der Waals surface area contributed by atoms with Gasteiger partial charge < -0.3 is 14.5 Å². The van der Waals surface area contributed by atoms with Crippen LogP contribution in [-0.4, -0.2) is 34.9 Å². The third-order valence-electron chi connectivity index (χ3n) is 4.60. The SMILES string of the molecule is COCCn1c(SCC(=O)Nc2cccc(C)c2)nc2c(oc3ccccc32)c1=O. The van der Waals surface area contributed by atoms with Crippen molar-refractivity contribution in [1.29, 1.82) is 0 Å². The van der Waals surface area contributed by atoms with Gasteiger partial charge in [0.1, 0.15) is 11.1 Å². The smallest absolute Gasteiger partial charge is 0.297 e. The normalized spacial score (nSPS) is 11.3. The molecule has 1 N–H and O–H groups in total. The molecule has 0 aliphatic rings. The molecule has 0 aliphatic carbocycles. The van der Waals surface area contributed by atoms with Gasteiger partial charge in [-0.25, -0.2) is 4.98 Å². The Morgan fingerprint density at radius 2 is 2.07 bits per heavy atom. The number of hydrogen-bond donors (Lipinski definition) is 1. The monoisotopic (exact) mass is 423 g/mol. The van der Waals surface area contributed by atoms with E-state index in [9.17, 15) is 9.59 Å². The highest BCUT2D eigenvalue weighted by Crippen LogP contribution is 2.27. The number of benzene rings is 2. The highest BCUT2D eigenvalue weighted by molar-refractivity contribution is 7.99. The fraction of sp³-hybridized carbons (Fsp3) is 0.227. The predicted molar refractivity (Wildman–Crippen MR) is 118 cm³/mol. The molecule has 30 heavy (non-hydrogen) atoms. The number of hydrogen-bond acceptors (Lipinski definition) is 6. The first kappa shape index (κ1) is 20.2. The molecule has 0 unspecified atom stereocenters. The standard InChI is InChI=1S/C22H21N3O4S/c1-14-6-5-7-15(12-14)23-18(26)13-30-22-24-19-16-8-3-4-9-17(16)29-20(19)21(27)25(22)10-11-28-2/h3-9,12H,10-11,13H2,1-2H3,(H,23,26). The molecule has 0 atom stereocenters. The highest BCUT2D eigenvalue weighted by Gasteiger charge is 2.18. The van der Waals surface area contributed by atoms with E-state index in [1.165, 1.54) is 16.3 Å². The maximum absolute atomic E-state index is 13.1. The van der Waals surface area contributed by atoms with Crippen molar-refractivity contribution < 1.29 is 13.9 Å². The van der Waals surface area contributed by atoms with E-state index in [4.69, 9.17) is 9.15 Å². The zero-order chi connectivity index (χ0) is 21.1. The second kappa shape index (κ2) is 8.73. The van der Waals surface area contributed by atoms with Crippen LogP contribution in [0.2, 0.25) is 0 Å². The highest BCUT2D eigenvalue weighted by atomic mass is 32.2. The number of nitrogens with one attached hydrogen (secondary N) is 1. The molecule has 2 aromatic heterocycles. The lowest BCUT2D eigenvalue weighted by Crippen LogP contribution is -2.25. The van der Waals surface area contributed by atoms with Crippen LogP contribution in [0.25, 0.3) is 22.1 Å². The third kappa shape index (κ3) is 4.10. The maximum atomic E-state index is 13.1. The van der Waals surface area contributed by atoms with Crippen molar-refractivity contribution in [2.24, 2.45) is 0 Å². The Balaban J connectivity index is 1.65. The van der Waals surface area contributed by atoms with Crippen LogP contribution in [0.15, 0.2) is 62.9 Å². The van der Waals surface area contributed by atoms with Crippen molar-refractivity contribution in [3.63, 3.8) is 0 Å². The third-order valence-corrected chi connectivity index (χ3v) is 5.58. The molecule has 1 amide bonds. The Morgan fingerprint density at radius 1 is 1.23 bits per heavy atom. The molecule has 0 radical (unpaired) electrons. The van der Waals surface area contributed by atoms with Gasteiger partial charge in [-0.15, -0.1) is 0 Å². The number of thioether (sulfide) groups is 1. The number of aromatic nitrogens is 2. The molecule has 0 fully saturated rings. The van der Waals surface area contributed by atoms with Crippen molar-refractivity contribution in [3.8, 4) is 0 Å². The number of furan rings is 1. The molecule has 7 nitrogen and oxygen atoms in total. The minimum absolute atomic E-state index is 0.120. The fourth-order valence-electron chi connectivity index (χ4n) is 3.19. The molecule has 0 saturated heterocycles. The van der Waals surface area contributed by atoms with E-state index >= 15 is 0 Å². The first-order chi connectivity index (χ1) is 14.6. The summed E-state index contributed by atoms with van der Waals surface area (Å²) in [5, 5.41) is 4.10. The zero-order valence-corrected chi connectivity index (χ0v) is 17.5. The van der Waals surface area contributed by atoms with Crippen LogP contribution in [0.4, 0.5) is 5.69 Å². The van der Waals surface area contributed by atoms with Gasteiger partial charge in [0, 0.05) is 18.2 Å². The number of amides is 1. The van der Waals surface area contributed by atoms with Gasteiger partial charge in [0.05, 0.1) is 18.9 Å². The largest absolute Gasteiger partial charge is 0.448 e. The van der Waals surface area contributed by atoms with Crippen LogP contribution in [0, 0.1) is 6.92 Å². The Bertz CT molecular complexity index is 1280. The Hall–Kier alpha value is -3.10. The predicted octanol–water partition coefficient (Wildman–Crippen LogP) is 3.83. The van der Waals surface area contributed by atoms with Crippen molar-refractivity contribution in [1.82, 2.24) is 9.55 Å². The van der Waals surface area contributed by atoms with Gasteiger partial charge in [0.15, 0.2) is 5.16 Å². The lowest BCUT2D eigenvalue weighted by Gasteiger charge is -2.11. The Labute approximate surface area is 177 Å². The van der Waals surface area contributed by atoms with Crippen LogP contribution in [0.5, 0.6) is 0 Å². The topological polar surface area (TPSA) is 86.4 Å². The molecule has 8 heteroatoms. The maximum Gasteiger partial charge on any atom is 0.297 e. The molecule has 0 aliphatic heterocycles. The average molecular weight is 423 g/mol. The quantitative estimate of drug-likeness (QED) is 0.359. The number of anilines is 1. The summed E-state index contributed by atoms with van der Waals surface area (Å²) in [4.78, 5) is 30.2. The van der Waals surface area contributed by atoms with Gasteiger partial charge in [-0.1, -0.05) is 36.0 Å². The van der Waals surface area contributed by atoms with Gasteiger partial charge >= 0.3 is 0 Å². The summed E-state index contributed by atoms with van der Waals surface area (Å²) in [5.74, 6) is -0.0513. The number of ether oxygens (including phenoxy) is 1. The Kier molecular flexibility index (Phi) is 5.87. The summed E-state index contributed by atoms with van der Waals surface area (Å²) in [6.45, 7) is 2.63. The van der Waals surface area contributed by atoms with E-state index in [0.717, 1.165) is 16.6 Å². The minimum Gasteiger partial charge on any atom is -0.448 e. The van der Waals surface area contributed by atoms with Gasteiger partial charge in [-0.3, -0.25) is 14.2 Å². The Morgan fingerprint density at radius 3 is 2.87 bits per heavy atom. The molecule has 154 valence electrons. The second-order valence-electron chi connectivity index (χ2n) is 6.83. The van der Waals surface area contributed by atoms with Crippen molar-refractivity contribution in [3.05, 3.63) is 64.4 Å². The summed E-state index contributed by atoms with van der Waals surface area (Å²) in [5.41, 5.74) is 2.84. The summed E-state index contributed by atoms with van der Waals surface area (Å²) in [6.07, 6.45) is 0.